The van der Waals surface area contributed by atoms with Crippen LogP contribution in [0.2, 0.25) is 0 Å². The highest BCUT2D eigenvalue weighted by molar-refractivity contribution is 7.09. The van der Waals surface area contributed by atoms with Gasteiger partial charge in [-0.1, -0.05) is 18.2 Å². The Morgan fingerprint density at radius 2 is 2.09 bits per heavy atom. The van der Waals surface area contributed by atoms with Crippen molar-refractivity contribution in [3.63, 3.8) is 0 Å². The summed E-state index contributed by atoms with van der Waals surface area (Å²) in [5, 5.41) is 1.99. The fourth-order valence-corrected chi connectivity index (χ4v) is 3.15. The normalized spacial score (nSPS) is 16.7. The molecule has 0 saturated carbocycles. The van der Waals surface area contributed by atoms with Gasteiger partial charge in [0, 0.05) is 11.3 Å². The topological polar surface area (TPSA) is 72.6 Å². The second-order valence-electron chi connectivity index (χ2n) is 5.06. The van der Waals surface area contributed by atoms with E-state index in [1.807, 2.05) is 29.6 Å². The van der Waals surface area contributed by atoms with Crippen LogP contribution >= 0.6 is 11.3 Å². The Hall–Kier alpha value is -2.34. The molecule has 2 N–H and O–H groups in total. The Morgan fingerprint density at radius 3 is 2.82 bits per heavy atom. The average molecular weight is 316 g/mol. The molecule has 2 amide bonds. The summed E-state index contributed by atoms with van der Waals surface area (Å²) in [6, 6.07) is 11.2. The largest absolute Gasteiger partial charge is 0.477 e. The number of hydrogen-bond donors (Lipinski definition) is 1. The fraction of sp³-hybridized carbons (Fsp3) is 0.250. The van der Waals surface area contributed by atoms with Gasteiger partial charge < -0.3 is 15.4 Å². The van der Waals surface area contributed by atoms with Crippen molar-refractivity contribution in [2.75, 3.05) is 11.4 Å². The first-order chi connectivity index (χ1) is 10.6. The second kappa shape index (κ2) is 6.19. The number of fused-ring (bicyclic) bond motifs is 1. The molecule has 2 aromatic rings. The first-order valence-corrected chi connectivity index (χ1v) is 7.91. The zero-order valence-electron chi connectivity index (χ0n) is 11.9. The number of anilines is 1. The lowest BCUT2D eigenvalue weighted by molar-refractivity contribution is -0.125. The zero-order chi connectivity index (χ0) is 15.5. The lowest BCUT2D eigenvalue weighted by atomic mass is 10.1. The molecule has 1 aliphatic heterocycles. The van der Waals surface area contributed by atoms with E-state index in [-0.39, 0.29) is 12.5 Å². The van der Waals surface area contributed by atoms with Gasteiger partial charge in [0.25, 0.3) is 5.91 Å². The number of carbonyl (C=O) groups is 2. The molecule has 1 aromatic carbocycles. The molecule has 22 heavy (non-hydrogen) atoms. The number of rotatable bonds is 4. The summed E-state index contributed by atoms with van der Waals surface area (Å²) in [5.74, 6) is -0.0806. The van der Waals surface area contributed by atoms with Crippen molar-refractivity contribution >= 4 is 28.8 Å². The molecule has 0 radical (unpaired) electrons. The van der Waals surface area contributed by atoms with E-state index in [0.717, 1.165) is 0 Å². The number of nitrogens with two attached hydrogens (primary N) is 1. The summed E-state index contributed by atoms with van der Waals surface area (Å²) < 4.78 is 5.56. The molecule has 3 rings (SSSR count). The molecule has 114 valence electrons. The first-order valence-electron chi connectivity index (χ1n) is 7.03. The highest BCUT2D eigenvalue weighted by Gasteiger charge is 2.32. The van der Waals surface area contributed by atoms with Crippen molar-refractivity contribution < 1.29 is 14.3 Å². The Labute approximate surface area is 132 Å². The maximum absolute atomic E-state index is 12.5. The minimum atomic E-state index is -0.805. The molecule has 5 nitrogen and oxygen atoms in total. The van der Waals surface area contributed by atoms with Crippen molar-refractivity contribution in [3.05, 3.63) is 46.7 Å². The third-order valence-electron chi connectivity index (χ3n) is 3.56. The van der Waals surface area contributed by atoms with Gasteiger partial charge in [-0.05, 0) is 30.0 Å². The number of hydrogen-bond acceptors (Lipinski definition) is 4. The highest BCUT2D eigenvalue weighted by atomic mass is 32.1. The van der Waals surface area contributed by atoms with E-state index < -0.39 is 12.0 Å². The molecule has 1 atom stereocenters. The van der Waals surface area contributed by atoms with E-state index in [9.17, 15) is 9.59 Å². The average Bonchev–Trinajstić information content (AvgIpc) is 3.04. The van der Waals surface area contributed by atoms with Gasteiger partial charge in [0.2, 0.25) is 5.91 Å². The Bertz CT molecular complexity index is 684. The lowest BCUT2D eigenvalue weighted by Gasteiger charge is -2.33. The van der Waals surface area contributed by atoms with Gasteiger partial charge in [-0.25, -0.2) is 0 Å². The van der Waals surface area contributed by atoms with E-state index in [1.165, 1.54) is 4.88 Å². The molecule has 1 unspecified atom stereocenters. The number of primary amides is 1. The number of aryl methyl sites for hydroxylation is 1. The molecule has 0 saturated heterocycles. The van der Waals surface area contributed by atoms with Crippen molar-refractivity contribution in [3.8, 4) is 5.75 Å². The Morgan fingerprint density at radius 1 is 1.27 bits per heavy atom. The number of thiophene rings is 1. The smallest absolute Gasteiger partial charge is 0.260 e. The van der Waals surface area contributed by atoms with E-state index in [0.29, 0.717) is 24.3 Å². The molecule has 1 aromatic heterocycles. The van der Waals surface area contributed by atoms with Gasteiger partial charge >= 0.3 is 0 Å². The van der Waals surface area contributed by atoms with Crippen LogP contribution in [0.4, 0.5) is 5.69 Å². The Balaban J connectivity index is 1.78. The molecule has 6 heteroatoms. The van der Waals surface area contributed by atoms with Crippen LogP contribution in [0.5, 0.6) is 5.75 Å². The van der Waals surface area contributed by atoms with Crippen LogP contribution in [0.3, 0.4) is 0 Å². The van der Waals surface area contributed by atoms with Crippen LogP contribution in [0.25, 0.3) is 0 Å². The molecule has 0 bridgehead atoms. The number of ether oxygens (including phenoxy) is 1. The van der Waals surface area contributed by atoms with Crippen LogP contribution in [-0.4, -0.2) is 24.5 Å². The zero-order valence-corrected chi connectivity index (χ0v) is 12.7. The van der Waals surface area contributed by atoms with Gasteiger partial charge in [-0.2, -0.15) is 0 Å². The number of para-hydroxylation sites is 2. The standard InChI is InChI=1S/C16H16N2O3S/c17-16(20)14-10-18(12-5-1-2-6-13(12)21-14)15(19)8-7-11-4-3-9-22-11/h1-6,9,14H,7-8,10H2,(H2,17,20). The summed E-state index contributed by atoms with van der Waals surface area (Å²) in [6.07, 6.45) is 0.276. The number of nitrogens with zero attached hydrogens (tertiary/aromatic N) is 1. The monoisotopic (exact) mass is 316 g/mol. The van der Waals surface area contributed by atoms with E-state index in [1.54, 1.807) is 28.4 Å². The van der Waals surface area contributed by atoms with Crippen molar-refractivity contribution in [2.45, 2.75) is 18.9 Å². The number of amides is 2. The number of carbonyl (C=O) groups excluding carboxylic acids is 2. The maximum Gasteiger partial charge on any atom is 0.260 e. The van der Waals surface area contributed by atoms with Gasteiger partial charge in [-0.3, -0.25) is 9.59 Å². The van der Waals surface area contributed by atoms with Gasteiger partial charge in [0.15, 0.2) is 6.10 Å². The van der Waals surface area contributed by atoms with Crippen molar-refractivity contribution in [1.29, 1.82) is 0 Å². The van der Waals surface area contributed by atoms with Crippen LogP contribution in [0.15, 0.2) is 41.8 Å². The summed E-state index contributed by atoms with van der Waals surface area (Å²) in [7, 11) is 0. The van der Waals surface area contributed by atoms with Crippen LogP contribution < -0.4 is 15.4 Å². The predicted molar refractivity (Wildman–Crippen MR) is 85.0 cm³/mol. The molecule has 0 spiro atoms. The molecular weight excluding hydrogens is 300 g/mol. The van der Waals surface area contributed by atoms with Crippen LogP contribution in [0.1, 0.15) is 11.3 Å². The summed E-state index contributed by atoms with van der Waals surface area (Å²) >= 11 is 1.63. The van der Waals surface area contributed by atoms with Crippen molar-refractivity contribution in [1.82, 2.24) is 0 Å². The highest BCUT2D eigenvalue weighted by Crippen LogP contribution is 2.33. The number of benzene rings is 1. The van der Waals surface area contributed by atoms with Gasteiger partial charge in [-0.15, -0.1) is 11.3 Å². The van der Waals surface area contributed by atoms with E-state index in [2.05, 4.69) is 0 Å². The van der Waals surface area contributed by atoms with E-state index >= 15 is 0 Å². The van der Waals surface area contributed by atoms with E-state index in [4.69, 9.17) is 10.5 Å². The summed E-state index contributed by atoms with van der Waals surface area (Å²) in [4.78, 5) is 26.8. The second-order valence-corrected chi connectivity index (χ2v) is 6.09. The molecule has 0 fully saturated rings. The lowest BCUT2D eigenvalue weighted by Crippen LogP contribution is -2.49. The van der Waals surface area contributed by atoms with Gasteiger partial charge in [0.05, 0.1) is 12.2 Å². The minimum absolute atomic E-state index is 0.0320. The Kier molecular flexibility index (Phi) is 4.11. The summed E-state index contributed by atoms with van der Waals surface area (Å²) in [5.41, 5.74) is 6.03. The SMILES string of the molecule is NC(=O)C1CN(C(=O)CCc2cccs2)c2ccccc2O1. The fourth-order valence-electron chi connectivity index (χ4n) is 2.44. The predicted octanol–water partition coefficient (Wildman–Crippen LogP) is 1.96. The van der Waals surface area contributed by atoms with Crippen LogP contribution in [0, 0.1) is 0 Å². The first kappa shape index (κ1) is 14.6. The molecule has 2 heterocycles. The maximum atomic E-state index is 12.5. The third-order valence-corrected chi connectivity index (χ3v) is 4.49. The summed E-state index contributed by atoms with van der Waals surface area (Å²) in [6.45, 7) is 0.162. The van der Waals surface area contributed by atoms with Gasteiger partial charge in [0.1, 0.15) is 5.75 Å². The molecule has 1 aliphatic rings. The molecule has 0 aliphatic carbocycles. The minimum Gasteiger partial charge on any atom is -0.477 e. The van der Waals surface area contributed by atoms with Crippen molar-refractivity contribution in [2.24, 2.45) is 5.73 Å². The molecular formula is C16H16N2O3S. The quantitative estimate of drug-likeness (QED) is 0.937. The third kappa shape index (κ3) is 2.96. The van der Waals surface area contributed by atoms with Crippen LogP contribution in [-0.2, 0) is 16.0 Å².